The van der Waals surface area contributed by atoms with Crippen LogP contribution >= 0.6 is 0 Å². The Bertz CT molecular complexity index is 308. The first-order chi connectivity index (χ1) is 6.96. The third-order valence-electron chi connectivity index (χ3n) is 2.74. The second kappa shape index (κ2) is 4.63. The highest BCUT2D eigenvalue weighted by molar-refractivity contribution is 5.19. The van der Waals surface area contributed by atoms with Crippen LogP contribution in [0.25, 0.3) is 0 Å². The van der Waals surface area contributed by atoms with E-state index in [1.165, 1.54) is 0 Å². The van der Waals surface area contributed by atoms with Gasteiger partial charge in [0.05, 0.1) is 6.10 Å². The molecule has 1 nitrogen and oxygen atoms in total. The van der Waals surface area contributed by atoms with Crippen LogP contribution in [0.2, 0.25) is 0 Å². The molecule has 0 saturated carbocycles. The van der Waals surface area contributed by atoms with Crippen molar-refractivity contribution in [3.8, 4) is 0 Å². The summed E-state index contributed by atoms with van der Waals surface area (Å²) in [6.45, 7) is 10.2. The van der Waals surface area contributed by atoms with Crippen LogP contribution in [-0.4, -0.2) is 5.11 Å². The summed E-state index contributed by atoms with van der Waals surface area (Å²) < 4.78 is 0. The summed E-state index contributed by atoms with van der Waals surface area (Å²) in [6, 6.07) is 9.75. The largest absolute Gasteiger partial charge is 0.388 e. The lowest BCUT2D eigenvalue weighted by atomic mass is 9.75. The molecule has 0 amide bonds. The smallest absolute Gasteiger partial charge is 0.0857 e. The fourth-order valence-corrected chi connectivity index (χ4v) is 1.81. The van der Waals surface area contributed by atoms with E-state index in [1.54, 1.807) is 0 Å². The van der Waals surface area contributed by atoms with Gasteiger partial charge >= 0.3 is 0 Å². The number of aliphatic hydroxyl groups is 1. The highest BCUT2D eigenvalue weighted by Gasteiger charge is 2.29. The zero-order valence-corrected chi connectivity index (χ0v) is 9.77. The molecule has 2 unspecified atom stereocenters. The van der Waals surface area contributed by atoms with Crippen LogP contribution in [0.15, 0.2) is 43.0 Å². The molecule has 15 heavy (non-hydrogen) atoms. The monoisotopic (exact) mass is 204 g/mol. The summed E-state index contributed by atoms with van der Waals surface area (Å²) in [5.74, 6) is 0.0694. The minimum Gasteiger partial charge on any atom is -0.388 e. The SMILES string of the molecule is C=CC(C(O)c1ccccc1)C(C)(C)C. The Morgan fingerprint density at radius 3 is 2.13 bits per heavy atom. The van der Waals surface area contributed by atoms with Gasteiger partial charge in [-0.05, 0) is 11.0 Å². The van der Waals surface area contributed by atoms with Gasteiger partial charge in [-0.25, -0.2) is 0 Å². The maximum absolute atomic E-state index is 10.2. The van der Waals surface area contributed by atoms with E-state index >= 15 is 0 Å². The van der Waals surface area contributed by atoms with Gasteiger partial charge in [-0.3, -0.25) is 0 Å². The quantitative estimate of drug-likeness (QED) is 0.746. The van der Waals surface area contributed by atoms with E-state index in [2.05, 4.69) is 27.4 Å². The molecule has 0 aliphatic carbocycles. The normalized spacial score (nSPS) is 15.7. The summed E-state index contributed by atoms with van der Waals surface area (Å²) >= 11 is 0. The molecule has 2 atom stereocenters. The molecule has 1 aromatic carbocycles. The van der Waals surface area contributed by atoms with Gasteiger partial charge in [0.25, 0.3) is 0 Å². The lowest BCUT2D eigenvalue weighted by Gasteiger charge is -2.32. The maximum Gasteiger partial charge on any atom is 0.0857 e. The molecule has 0 bridgehead atoms. The predicted octanol–water partition coefficient (Wildman–Crippen LogP) is 3.57. The Morgan fingerprint density at radius 1 is 1.20 bits per heavy atom. The van der Waals surface area contributed by atoms with E-state index < -0.39 is 6.10 Å². The van der Waals surface area contributed by atoms with Crippen molar-refractivity contribution in [2.24, 2.45) is 11.3 Å². The van der Waals surface area contributed by atoms with Crippen LogP contribution in [-0.2, 0) is 0 Å². The van der Waals surface area contributed by atoms with Crippen LogP contribution in [0.1, 0.15) is 32.4 Å². The van der Waals surface area contributed by atoms with Crippen molar-refractivity contribution in [3.05, 3.63) is 48.6 Å². The third kappa shape index (κ3) is 2.93. The van der Waals surface area contributed by atoms with Crippen LogP contribution in [0.5, 0.6) is 0 Å². The minimum absolute atomic E-state index is 0.0248. The first kappa shape index (κ1) is 12.0. The van der Waals surface area contributed by atoms with Gasteiger partial charge in [0, 0.05) is 5.92 Å². The van der Waals surface area contributed by atoms with Crippen molar-refractivity contribution in [2.75, 3.05) is 0 Å². The van der Waals surface area contributed by atoms with Gasteiger partial charge in [0.15, 0.2) is 0 Å². The molecular formula is C14H20O. The summed E-state index contributed by atoms with van der Waals surface area (Å²) in [6.07, 6.45) is 1.38. The minimum atomic E-state index is -0.469. The van der Waals surface area contributed by atoms with Crippen LogP contribution in [0.4, 0.5) is 0 Å². The van der Waals surface area contributed by atoms with Crippen LogP contribution < -0.4 is 0 Å². The van der Waals surface area contributed by atoms with Crippen molar-refractivity contribution >= 4 is 0 Å². The van der Waals surface area contributed by atoms with Crippen LogP contribution in [0.3, 0.4) is 0 Å². The molecular weight excluding hydrogens is 184 g/mol. The third-order valence-corrected chi connectivity index (χ3v) is 2.74. The van der Waals surface area contributed by atoms with Crippen molar-refractivity contribution in [3.63, 3.8) is 0 Å². The molecule has 1 heteroatoms. The summed E-state index contributed by atoms with van der Waals surface area (Å²) in [5.41, 5.74) is 0.981. The van der Waals surface area contributed by atoms with Gasteiger partial charge in [-0.2, -0.15) is 0 Å². The maximum atomic E-state index is 10.2. The summed E-state index contributed by atoms with van der Waals surface area (Å²) in [5, 5.41) is 10.2. The molecule has 0 aliphatic rings. The number of hydrogen-bond donors (Lipinski definition) is 1. The topological polar surface area (TPSA) is 20.2 Å². The highest BCUT2D eigenvalue weighted by atomic mass is 16.3. The first-order valence-electron chi connectivity index (χ1n) is 5.32. The molecule has 0 aromatic heterocycles. The van der Waals surface area contributed by atoms with E-state index in [0.717, 1.165) is 5.56 Å². The van der Waals surface area contributed by atoms with E-state index in [-0.39, 0.29) is 11.3 Å². The Morgan fingerprint density at radius 2 is 1.73 bits per heavy atom. The second-order valence-corrected chi connectivity index (χ2v) is 4.98. The molecule has 82 valence electrons. The molecule has 1 N–H and O–H groups in total. The van der Waals surface area contributed by atoms with Crippen molar-refractivity contribution in [1.29, 1.82) is 0 Å². The van der Waals surface area contributed by atoms with Gasteiger partial charge in [-0.15, -0.1) is 6.58 Å². The first-order valence-corrected chi connectivity index (χ1v) is 5.32. The second-order valence-electron chi connectivity index (χ2n) is 4.98. The zero-order valence-electron chi connectivity index (χ0n) is 9.77. The molecule has 0 aliphatic heterocycles. The van der Waals surface area contributed by atoms with Crippen molar-refractivity contribution < 1.29 is 5.11 Å². The van der Waals surface area contributed by atoms with E-state index in [0.29, 0.717) is 0 Å². The Kier molecular flexibility index (Phi) is 3.70. The number of aliphatic hydroxyl groups excluding tert-OH is 1. The van der Waals surface area contributed by atoms with Gasteiger partial charge in [0.1, 0.15) is 0 Å². The van der Waals surface area contributed by atoms with Crippen molar-refractivity contribution in [1.82, 2.24) is 0 Å². The van der Waals surface area contributed by atoms with Gasteiger partial charge in [0.2, 0.25) is 0 Å². The molecule has 1 aromatic rings. The molecule has 0 radical (unpaired) electrons. The molecule has 0 fully saturated rings. The Balaban J connectivity index is 2.92. The molecule has 0 saturated heterocycles. The average Bonchev–Trinajstić information content (AvgIpc) is 2.18. The fourth-order valence-electron chi connectivity index (χ4n) is 1.81. The summed E-state index contributed by atoms with van der Waals surface area (Å²) in [4.78, 5) is 0. The van der Waals surface area contributed by atoms with Crippen LogP contribution in [0, 0.1) is 11.3 Å². The standard InChI is InChI=1S/C14H20O/c1-5-12(14(2,3)4)13(15)11-9-7-6-8-10-11/h5-10,12-13,15H,1H2,2-4H3. The lowest BCUT2D eigenvalue weighted by Crippen LogP contribution is -2.25. The number of rotatable bonds is 3. The summed E-state index contributed by atoms with van der Waals surface area (Å²) in [7, 11) is 0. The highest BCUT2D eigenvalue weighted by Crippen LogP contribution is 2.36. The number of hydrogen-bond acceptors (Lipinski definition) is 1. The van der Waals surface area contributed by atoms with E-state index in [4.69, 9.17) is 0 Å². The Hall–Kier alpha value is -1.08. The molecule has 0 spiro atoms. The predicted molar refractivity (Wildman–Crippen MR) is 64.5 cm³/mol. The molecule has 1 rings (SSSR count). The van der Waals surface area contributed by atoms with E-state index in [9.17, 15) is 5.11 Å². The number of benzene rings is 1. The molecule has 0 heterocycles. The zero-order chi connectivity index (χ0) is 11.5. The van der Waals surface area contributed by atoms with Crippen molar-refractivity contribution in [2.45, 2.75) is 26.9 Å². The van der Waals surface area contributed by atoms with E-state index in [1.807, 2.05) is 36.4 Å². The average molecular weight is 204 g/mol. The Labute approximate surface area is 92.5 Å². The lowest BCUT2D eigenvalue weighted by molar-refractivity contribution is 0.0714. The van der Waals surface area contributed by atoms with Gasteiger partial charge < -0.3 is 5.11 Å². The van der Waals surface area contributed by atoms with Gasteiger partial charge in [-0.1, -0.05) is 57.2 Å². The fraction of sp³-hybridized carbons (Fsp3) is 0.429.